The van der Waals surface area contributed by atoms with Gasteiger partial charge in [0.05, 0.1) is 24.5 Å². The molecular formula is C19H24FN5O3. The summed E-state index contributed by atoms with van der Waals surface area (Å²) in [5.74, 6) is -0.512. The maximum atomic E-state index is 14.8. The molecule has 1 fully saturated rings. The van der Waals surface area contributed by atoms with Crippen LogP contribution >= 0.6 is 0 Å². The van der Waals surface area contributed by atoms with Crippen molar-refractivity contribution in [2.75, 3.05) is 20.1 Å². The zero-order chi connectivity index (χ0) is 20.0. The van der Waals surface area contributed by atoms with E-state index < -0.39 is 18.1 Å². The number of rotatable bonds is 4. The fourth-order valence-corrected chi connectivity index (χ4v) is 4.21. The van der Waals surface area contributed by atoms with Gasteiger partial charge < -0.3 is 14.3 Å². The van der Waals surface area contributed by atoms with Gasteiger partial charge in [-0.3, -0.25) is 14.3 Å². The van der Waals surface area contributed by atoms with Gasteiger partial charge in [-0.15, -0.1) is 0 Å². The molecule has 150 valence electrons. The van der Waals surface area contributed by atoms with Crippen molar-refractivity contribution in [3.8, 4) is 0 Å². The standard InChI is InChI=1S/C19H24FN5O3/c1-4-11-8-21-28-17(11)19(27)23(2)15-10-25(9-13(15)20)18(26)16-12-6-5-7-14(12)22-24(16)3/h8,13,15H,4-7,9-10H2,1-3H3. The van der Waals surface area contributed by atoms with Crippen molar-refractivity contribution in [1.82, 2.24) is 24.7 Å². The molecule has 0 aromatic carbocycles. The average molecular weight is 389 g/mol. The predicted octanol–water partition coefficient (Wildman–Crippen LogP) is 1.39. The molecule has 2 aromatic heterocycles. The lowest BCUT2D eigenvalue weighted by molar-refractivity contribution is 0.0630. The Bertz CT molecular complexity index is 921. The number of hydrogen-bond acceptors (Lipinski definition) is 5. The first-order valence-electron chi connectivity index (χ1n) is 9.61. The molecule has 4 rings (SSSR count). The topological polar surface area (TPSA) is 84.5 Å². The van der Waals surface area contributed by atoms with E-state index in [1.54, 1.807) is 11.7 Å². The van der Waals surface area contributed by atoms with Crippen molar-refractivity contribution >= 4 is 11.8 Å². The van der Waals surface area contributed by atoms with Crippen molar-refractivity contribution in [2.24, 2.45) is 7.05 Å². The molecule has 0 bridgehead atoms. The molecule has 2 amide bonds. The van der Waals surface area contributed by atoms with E-state index in [0.717, 1.165) is 30.5 Å². The molecule has 2 aliphatic rings. The maximum Gasteiger partial charge on any atom is 0.292 e. The summed E-state index contributed by atoms with van der Waals surface area (Å²) in [5.41, 5.74) is 3.16. The number of carbonyl (C=O) groups excluding carboxylic acids is 2. The van der Waals surface area contributed by atoms with E-state index >= 15 is 0 Å². The van der Waals surface area contributed by atoms with Crippen molar-refractivity contribution < 1.29 is 18.5 Å². The molecule has 0 spiro atoms. The van der Waals surface area contributed by atoms with Crippen LogP contribution < -0.4 is 0 Å². The third-order valence-electron chi connectivity index (χ3n) is 5.82. The molecular weight excluding hydrogens is 365 g/mol. The van der Waals surface area contributed by atoms with E-state index in [1.165, 1.54) is 23.0 Å². The van der Waals surface area contributed by atoms with Crippen LogP contribution in [0.1, 0.15) is 51.2 Å². The Kier molecular flexibility index (Phi) is 4.68. The van der Waals surface area contributed by atoms with Crippen molar-refractivity contribution in [1.29, 1.82) is 0 Å². The van der Waals surface area contributed by atoms with Crippen LogP contribution in [0.15, 0.2) is 10.7 Å². The van der Waals surface area contributed by atoms with Gasteiger partial charge in [-0.2, -0.15) is 5.10 Å². The lowest BCUT2D eigenvalue weighted by atomic mass is 10.1. The molecule has 1 aliphatic carbocycles. The molecule has 1 aliphatic heterocycles. The average Bonchev–Trinajstić information content (AvgIpc) is 3.42. The largest absolute Gasteiger partial charge is 0.351 e. The van der Waals surface area contributed by atoms with Crippen LogP contribution in [0, 0.1) is 0 Å². The summed E-state index contributed by atoms with van der Waals surface area (Å²) >= 11 is 0. The second-order valence-electron chi connectivity index (χ2n) is 7.49. The van der Waals surface area contributed by atoms with Gasteiger partial charge in [0.25, 0.3) is 11.8 Å². The Morgan fingerprint density at radius 3 is 2.89 bits per heavy atom. The number of aryl methyl sites for hydroxylation is 3. The van der Waals surface area contributed by atoms with Gasteiger partial charge in [0.1, 0.15) is 11.9 Å². The zero-order valence-corrected chi connectivity index (χ0v) is 16.3. The van der Waals surface area contributed by atoms with Crippen LogP contribution in [0.25, 0.3) is 0 Å². The van der Waals surface area contributed by atoms with Crippen LogP contribution in [0.5, 0.6) is 0 Å². The van der Waals surface area contributed by atoms with Crippen molar-refractivity contribution in [3.05, 3.63) is 34.5 Å². The van der Waals surface area contributed by atoms with Gasteiger partial charge >= 0.3 is 0 Å². The van der Waals surface area contributed by atoms with E-state index in [-0.39, 0.29) is 24.8 Å². The number of halogens is 1. The molecule has 3 heterocycles. The summed E-state index contributed by atoms with van der Waals surface area (Å²) < 4.78 is 21.5. The monoisotopic (exact) mass is 389 g/mol. The van der Waals surface area contributed by atoms with E-state index in [2.05, 4.69) is 10.3 Å². The number of fused-ring (bicyclic) bond motifs is 1. The van der Waals surface area contributed by atoms with Gasteiger partial charge in [0.15, 0.2) is 0 Å². The summed E-state index contributed by atoms with van der Waals surface area (Å²) in [4.78, 5) is 28.6. The third-order valence-corrected chi connectivity index (χ3v) is 5.82. The van der Waals surface area contributed by atoms with Crippen molar-refractivity contribution in [3.63, 3.8) is 0 Å². The zero-order valence-electron chi connectivity index (χ0n) is 16.3. The third kappa shape index (κ3) is 2.89. The van der Waals surface area contributed by atoms with Gasteiger partial charge in [0.2, 0.25) is 5.76 Å². The molecule has 0 saturated carbocycles. The molecule has 28 heavy (non-hydrogen) atoms. The second kappa shape index (κ2) is 7.03. The highest BCUT2D eigenvalue weighted by atomic mass is 19.1. The van der Waals surface area contributed by atoms with Gasteiger partial charge in [-0.1, -0.05) is 12.1 Å². The Morgan fingerprint density at radius 1 is 1.36 bits per heavy atom. The van der Waals surface area contributed by atoms with Crippen LogP contribution in [0.4, 0.5) is 4.39 Å². The SMILES string of the molecule is CCc1cnoc1C(=O)N(C)C1CN(C(=O)c2c3c(nn2C)CCC3)CC1F. The number of nitrogens with zero attached hydrogens (tertiary/aromatic N) is 5. The Labute approximate surface area is 162 Å². The van der Waals surface area contributed by atoms with Gasteiger partial charge in [-0.25, -0.2) is 4.39 Å². The number of carbonyl (C=O) groups is 2. The Hall–Kier alpha value is -2.71. The van der Waals surface area contributed by atoms with Crippen LogP contribution in [0.2, 0.25) is 0 Å². The van der Waals surface area contributed by atoms with Crippen LogP contribution in [-0.4, -0.2) is 68.9 Å². The van der Waals surface area contributed by atoms with E-state index in [4.69, 9.17) is 4.52 Å². The molecule has 9 heteroatoms. The molecule has 0 N–H and O–H groups in total. The maximum absolute atomic E-state index is 14.8. The van der Waals surface area contributed by atoms with E-state index in [9.17, 15) is 14.0 Å². The highest BCUT2D eigenvalue weighted by Crippen LogP contribution is 2.28. The Morgan fingerprint density at radius 2 is 2.14 bits per heavy atom. The predicted molar refractivity (Wildman–Crippen MR) is 97.8 cm³/mol. The lowest BCUT2D eigenvalue weighted by Gasteiger charge is -2.25. The molecule has 2 atom stereocenters. The second-order valence-corrected chi connectivity index (χ2v) is 7.49. The first-order chi connectivity index (χ1) is 13.4. The summed E-state index contributed by atoms with van der Waals surface area (Å²) in [6, 6.07) is -0.729. The number of hydrogen-bond donors (Lipinski definition) is 0. The summed E-state index contributed by atoms with van der Waals surface area (Å²) in [7, 11) is 3.29. The molecule has 2 unspecified atom stereocenters. The quantitative estimate of drug-likeness (QED) is 0.789. The molecule has 8 nitrogen and oxygen atoms in total. The molecule has 2 aromatic rings. The highest BCUT2D eigenvalue weighted by molar-refractivity contribution is 5.95. The summed E-state index contributed by atoms with van der Waals surface area (Å²) in [6.07, 6.45) is 3.46. The summed E-state index contributed by atoms with van der Waals surface area (Å²) in [5, 5.41) is 8.10. The molecule has 0 radical (unpaired) electrons. The lowest BCUT2D eigenvalue weighted by Crippen LogP contribution is -2.43. The van der Waals surface area contributed by atoms with Gasteiger partial charge in [0, 0.05) is 31.8 Å². The number of alkyl halides is 1. The number of likely N-dealkylation sites (tertiary alicyclic amines) is 1. The highest BCUT2D eigenvalue weighted by Gasteiger charge is 2.42. The minimum atomic E-state index is -1.33. The fourth-order valence-electron chi connectivity index (χ4n) is 4.21. The number of likely N-dealkylation sites (N-methyl/N-ethyl adjacent to an activating group) is 1. The van der Waals surface area contributed by atoms with E-state index in [0.29, 0.717) is 17.7 Å². The number of aromatic nitrogens is 3. The normalized spacial score (nSPS) is 21.2. The minimum Gasteiger partial charge on any atom is -0.351 e. The first-order valence-corrected chi connectivity index (χ1v) is 9.61. The van der Waals surface area contributed by atoms with Crippen LogP contribution in [0.3, 0.4) is 0 Å². The molecule has 1 saturated heterocycles. The summed E-state index contributed by atoms with van der Waals surface area (Å²) in [6.45, 7) is 1.99. The minimum absolute atomic E-state index is 0.0435. The van der Waals surface area contributed by atoms with Crippen LogP contribution in [-0.2, 0) is 26.3 Å². The van der Waals surface area contributed by atoms with Crippen molar-refractivity contribution in [2.45, 2.75) is 44.8 Å². The van der Waals surface area contributed by atoms with E-state index in [1.807, 2.05) is 6.92 Å². The number of amides is 2. The Balaban J connectivity index is 1.52. The smallest absolute Gasteiger partial charge is 0.292 e. The fraction of sp³-hybridized carbons (Fsp3) is 0.579. The van der Waals surface area contributed by atoms with Gasteiger partial charge in [-0.05, 0) is 25.7 Å². The first kappa shape index (κ1) is 18.6.